The van der Waals surface area contributed by atoms with Gasteiger partial charge in [-0.1, -0.05) is 17.7 Å². The van der Waals surface area contributed by atoms with Gasteiger partial charge in [-0.3, -0.25) is 4.79 Å². The maximum Gasteiger partial charge on any atom is 0.186 e. The lowest BCUT2D eigenvalue weighted by atomic mass is 9.91. The molecule has 0 unspecified atom stereocenters. The lowest BCUT2D eigenvalue weighted by Crippen LogP contribution is -2.03. The first-order valence-corrected chi connectivity index (χ1v) is 8.95. The molecule has 4 nitrogen and oxygen atoms in total. The van der Waals surface area contributed by atoms with Crippen molar-refractivity contribution >= 4 is 22.4 Å². The van der Waals surface area contributed by atoms with Crippen molar-refractivity contribution in [3.8, 4) is 17.2 Å². The van der Waals surface area contributed by atoms with Gasteiger partial charge < -0.3 is 14.2 Å². The van der Waals surface area contributed by atoms with Gasteiger partial charge in [-0.05, 0) is 65.9 Å². The molecule has 140 valence electrons. The largest absolute Gasteiger partial charge is 0.497 e. The van der Waals surface area contributed by atoms with Crippen molar-refractivity contribution in [2.24, 2.45) is 0 Å². The van der Waals surface area contributed by atoms with Crippen molar-refractivity contribution in [1.82, 2.24) is 0 Å². The topological polar surface area (TPSA) is 44.8 Å². The van der Waals surface area contributed by atoms with Gasteiger partial charge in [0, 0.05) is 11.6 Å². The molecular formula is C22H21ClO4. The number of methoxy groups -OCH3 is 3. The molecule has 0 bridgehead atoms. The standard InChI is InChI=1S/C22H21ClO4/c1-25-17-7-8-20-15(10-17)5-4-14(22(20)23)6-9-21(24)16-11-18(26-2)13-19(12-16)27-3/h6-13H,4-5H2,1-3H3/b9-6+. The fourth-order valence-corrected chi connectivity index (χ4v) is 3.39. The van der Waals surface area contributed by atoms with Gasteiger partial charge in [0.2, 0.25) is 0 Å². The predicted molar refractivity (Wildman–Crippen MR) is 107 cm³/mol. The van der Waals surface area contributed by atoms with Crippen LogP contribution in [0.3, 0.4) is 0 Å². The van der Waals surface area contributed by atoms with Crippen LogP contribution >= 0.6 is 11.6 Å². The molecule has 0 amide bonds. The van der Waals surface area contributed by atoms with Crippen LogP contribution in [0.1, 0.15) is 27.9 Å². The Bertz CT molecular complexity index is 906. The molecule has 0 saturated heterocycles. The van der Waals surface area contributed by atoms with Crippen LogP contribution in [0.15, 0.2) is 54.1 Å². The quantitative estimate of drug-likeness (QED) is 0.516. The van der Waals surface area contributed by atoms with E-state index in [1.165, 1.54) is 0 Å². The normalized spacial score (nSPS) is 13.5. The highest BCUT2D eigenvalue weighted by atomic mass is 35.5. The minimum Gasteiger partial charge on any atom is -0.497 e. The van der Waals surface area contributed by atoms with Gasteiger partial charge in [-0.2, -0.15) is 0 Å². The van der Waals surface area contributed by atoms with Crippen molar-refractivity contribution < 1.29 is 19.0 Å². The maximum atomic E-state index is 12.6. The van der Waals surface area contributed by atoms with E-state index in [1.807, 2.05) is 18.2 Å². The van der Waals surface area contributed by atoms with Gasteiger partial charge in [0.05, 0.1) is 26.4 Å². The molecule has 2 aromatic carbocycles. The van der Waals surface area contributed by atoms with E-state index in [4.69, 9.17) is 25.8 Å². The van der Waals surface area contributed by atoms with Crippen molar-refractivity contribution in [2.45, 2.75) is 12.8 Å². The lowest BCUT2D eigenvalue weighted by Gasteiger charge is -2.18. The Kier molecular flexibility index (Phi) is 5.87. The molecule has 0 atom stereocenters. The average Bonchev–Trinajstić information content (AvgIpc) is 2.72. The molecule has 5 heteroatoms. The number of halogens is 1. The van der Waals surface area contributed by atoms with E-state index in [-0.39, 0.29) is 5.78 Å². The maximum absolute atomic E-state index is 12.6. The highest BCUT2D eigenvalue weighted by Gasteiger charge is 2.17. The van der Waals surface area contributed by atoms with E-state index >= 15 is 0 Å². The first-order valence-electron chi connectivity index (χ1n) is 8.57. The number of rotatable bonds is 6. The Hall–Kier alpha value is -2.72. The number of aryl methyl sites for hydroxylation is 1. The van der Waals surface area contributed by atoms with E-state index in [2.05, 4.69) is 0 Å². The summed E-state index contributed by atoms with van der Waals surface area (Å²) < 4.78 is 15.7. The number of carbonyl (C=O) groups excluding carboxylic acids is 1. The zero-order valence-electron chi connectivity index (χ0n) is 15.5. The summed E-state index contributed by atoms with van der Waals surface area (Å²) in [7, 11) is 4.76. The van der Waals surface area contributed by atoms with Crippen LogP contribution in [-0.2, 0) is 6.42 Å². The molecule has 1 aliphatic carbocycles. The zero-order chi connectivity index (χ0) is 19.4. The van der Waals surface area contributed by atoms with Gasteiger partial charge in [0.25, 0.3) is 0 Å². The van der Waals surface area contributed by atoms with Crippen LogP contribution in [0.25, 0.3) is 5.03 Å². The molecular weight excluding hydrogens is 364 g/mol. The summed E-state index contributed by atoms with van der Waals surface area (Å²) in [6.45, 7) is 0. The van der Waals surface area contributed by atoms with Crippen LogP contribution in [0.5, 0.6) is 17.2 Å². The fraction of sp³-hybridized carbons (Fsp3) is 0.227. The molecule has 3 rings (SSSR count). The van der Waals surface area contributed by atoms with Gasteiger partial charge in [0.15, 0.2) is 5.78 Å². The number of ketones is 1. The van der Waals surface area contributed by atoms with E-state index in [0.29, 0.717) is 22.1 Å². The molecule has 27 heavy (non-hydrogen) atoms. The minimum atomic E-state index is -0.135. The number of ether oxygens (including phenoxy) is 3. The average molecular weight is 385 g/mol. The summed E-state index contributed by atoms with van der Waals surface area (Å²) >= 11 is 6.57. The fourth-order valence-electron chi connectivity index (χ4n) is 3.05. The van der Waals surface area contributed by atoms with Crippen LogP contribution in [-0.4, -0.2) is 27.1 Å². The Balaban J connectivity index is 1.86. The molecule has 0 heterocycles. The first kappa shape index (κ1) is 19.1. The minimum absolute atomic E-state index is 0.135. The van der Waals surface area contributed by atoms with Crippen LogP contribution < -0.4 is 14.2 Å². The Morgan fingerprint density at radius 2 is 1.59 bits per heavy atom. The molecule has 0 saturated carbocycles. The molecule has 1 aliphatic rings. The van der Waals surface area contributed by atoms with Gasteiger partial charge in [0.1, 0.15) is 17.2 Å². The molecule has 0 radical (unpaired) electrons. The van der Waals surface area contributed by atoms with E-state index in [0.717, 1.165) is 35.3 Å². The molecule has 0 N–H and O–H groups in total. The second-order valence-electron chi connectivity index (χ2n) is 6.16. The van der Waals surface area contributed by atoms with Crippen molar-refractivity contribution in [1.29, 1.82) is 0 Å². The third-order valence-electron chi connectivity index (χ3n) is 4.57. The Labute approximate surface area is 164 Å². The van der Waals surface area contributed by atoms with Gasteiger partial charge >= 0.3 is 0 Å². The Morgan fingerprint density at radius 1 is 0.926 bits per heavy atom. The number of fused-ring (bicyclic) bond motifs is 1. The number of allylic oxidation sites excluding steroid dienone is 3. The van der Waals surface area contributed by atoms with Crippen molar-refractivity contribution in [2.75, 3.05) is 21.3 Å². The lowest BCUT2D eigenvalue weighted by molar-refractivity contribution is 0.104. The summed E-state index contributed by atoms with van der Waals surface area (Å²) in [6.07, 6.45) is 4.96. The van der Waals surface area contributed by atoms with Gasteiger partial charge in [-0.25, -0.2) is 0 Å². The summed E-state index contributed by atoms with van der Waals surface area (Å²) in [5.74, 6) is 1.83. The monoisotopic (exact) mass is 384 g/mol. The number of carbonyl (C=O) groups is 1. The SMILES string of the molecule is COc1cc(OC)cc(C(=O)/C=C/C2=C(Cl)c3ccc(OC)cc3CC2)c1. The smallest absolute Gasteiger partial charge is 0.186 e. The van der Waals surface area contributed by atoms with E-state index in [1.54, 1.807) is 51.7 Å². The molecule has 0 aliphatic heterocycles. The molecule has 0 fully saturated rings. The predicted octanol–water partition coefficient (Wildman–Crippen LogP) is 5.05. The highest BCUT2D eigenvalue weighted by Crippen LogP contribution is 2.36. The van der Waals surface area contributed by atoms with Crippen molar-refractivity contribution in [3.05, 3.63) is 70.8 Å². The Morgan fingerprint density at radius 3 is 2.22 bits per heavy atom. The summed E-state index contributed by atoms with van der Waals surface area (Å²) in [5.41, 5.74) is 3.58. The highest BCUT2D eigenvalue weighted by molar-refractivity contribution is 6.49. The van der Waals surface area contributed by atoms with Gasteiger partial charge in [-0.15, -0.1) is 0 Å². The van der Waals surface area contributed by atoms with Crippen molar-refractivity contribution in [3.63, 3.8) is 0 Å². The molecule has 0 spiro atoms. The molecule has 0 aromatic heterocycles. The van der Waals surface area contributed by atoms with Crippen LogP contribution in [0.2, 0.25) is 0 Å². The van der Waals surface area contributed by atoms with Crippen LogP contribution in [0, 0.1) is 0 Å². The second kappa shape index (κ2) is 8.31. The summed E-state index contributed by atoms with van der Waals surface area (Å²) in [5, 5.41) is 0.672. The number of benzene rings is 2. The third-order valence-corrected chi connectivity index (χ3v) is 5.01. The third kappa shape index (κ3) is 4.17. The second-order valence-corrected chi connectivity index (χ2v) is 6.54. The van der Waals surface area contributed by atoms with Crippen LogP contribution in [0.4, 0.5) is 0 Å². The molecule has 2 aromatic rings. The summed E-state index contributed by atoms with van der Waals surface area (Å²) in [6, 6.07) is 11.0. The summed E-state index contributed by atoms with van der Waals surface area (Å²) in [4.78, 5) is 12.6. The number of hydrogen-bond acceptors (Lipinski definition) is 4. The van der Waals surface area contributed by atoms with E-state index in [9.17, 15) is 4.79 Å². The zero-order valence-corrected chi connectivity index (χ0v) is 16.3. The first-order chi connectivity index (χ1) is 13.0. The van der Waals surface area contributed by atoms with E-state index < -0.39 is 0 Å². The number of hydrogen-bond donors (Lipinski definition) is 0.